The Labute approximate surface area is 196 Å². The quantitative estimate of drug-likeness (QED) is 0.154. The number of aliphatic carboxylic acids is 1. The summed E-state index contributed by atoms with van der Waals surface area (Å²) in [7, 11) is 0. The number of esters is 1. The predicted octanol–water partition coefficient (Wildman–Crippen LogP) is 3.67. The molecule has 1 aromatic rings. The van der Waals surface area contributed by atoms with Crippen molar-refractivity contribution in [2.45, 2.75) is 38.5 Å². The first-order chi connectivity index (χ1) is 15.7. The van der Waals surface area contributed by atoms with E-state index in [0.29, 0.717) is 5.56 Å². The first-order valence-corrected chi connectivity index (χ1v) is 10.3. The molecule has 3 rings (SSSR count). The number of carbonyl (C=O) groups excluding carboxylic acids is 1. The second kappa shape index (κ2) is 9.20. The van der Waals surface area contributed by atoms with E-state index < -0.39 is 47.9 Å². The molecule has 0 saturated carbocycles. The molecule has 0 aromatic heterocycles. The van der Waals surface area contributed by atoms with Gasteiger partial charge in [0.25, 0.3) is 6.79 Å². The van der Waals surface area contributed by atoms with E-state index in [1.807, 2.05) is 20.8 Å². The lowest BCUT2D eigenvalue weighted by molar-refractivity contribution is -0.726. The third-order valence-electron chi connectivity index (χ3n) is 5.10. The van der Waals surface area contributed by atoms with Crippen molar-refractivity contribution in [1.29, 1.82) is 0 Å². The summed E-state index contributed by atoms with van der Waals surface area (Å²) in [5.74, 6) is -3.28. The Kier molecular flexibility index (Phi) is 6.87. The second-order valence-corrected chi connectivity index (χ2v) is 9.09. The number of carboxylic acids is 1. The van der Waals surface area contributed by atoms with Crippen molar-refractivity contribution in [3.63, 3.8) is 0 Å². The lowest BCUT2D eigenvalue weighted by atomic mass is 9.85. The number of halogens is 4. The zero-order valence-electron chi connectivity index (χ0n) is 18.3. The maximum atomic E-state index is 13.6. The van der Waals surface area contributed by atoms with Gasteiger partial charge in [0.2, 0.25) is 11.4 Å². The lowest BCUT2D eigenvalue weighted by Crippen LogP contribution is -2.53. The zero-order chi connectivity index (χ0) is 25.4. The fourth-order valence-electron chi connectivity index (χ4n) is 3.24. The van der Waals surface area contributed by atoms with Crippen LogP contribution in [0.25, 0.3) is 6.08 Å². The Hall–Kier alpha value is -3.22. The topological polar surface area (TPSA) is 124 Å². The third-order valence-corrected chi connectivity index (χ3v) is 5.42. The van der Waals surface area contributed by atoms with Crippen LogP contribution in [0.1, 0.15) is 31.9 Å². The number of carboxylic acid groups (broad SMARTS) is 1. The van der Waals surface area contributed by atoms with Gasteiger partial charge in [0.15, 0.2) is 0 Å². The summed E-state index contributed by atoms with van der Waals surface area (Å²) in [4.78, 5) is 27.5. The molecule has 0 bridgehead atoms. The summed E-state index contributed by atoms with van der Waals surface area (Å²) in [5.41, 5.74) is -0.573. The van der Waals surface area contributed by atoms with Crippen LogP contribution in [-0.4, -0.2) is 59.2 Å². The number of hydrazine groups is 1. The van der Waals surface area contributed by atoms with Crippen LogP contribution in [-0.2, 0) is 24.6 Å². The molecule has 0 unspecified atom stereocenters. The van der Waals surface area contributed by atoms with Gasteiger partial charge in [-0.05, 0) is 29.2 Å². The zero-order valence-corrected chi connectivity index (χ0v) is 19.0. The number of benzene rings is 1. The molecular weight excluding hydrogens is 487 g/mol. The number of fused-ring (bicyclic) bond motifs is 1. The Bertz CT molecular complexity index is 1050. The predicted molar refractivity (Wildman–Crippen MR) is 109 cm³/mol. The summed E-state index contributed by atoms with van der Waals surface area (Å²) < 4.78 is 50.7. The number of hydrogen-bond donors (Lipinski definition) is 1. The van der Waals surface area contributed by atoms with Gasteiger partial charge in [-0.15, -0.1) is 5.01 Å². The highest BCUT2D eigenvalue weighted by Gasteiger charge is 2.49. The molecule has 1 aromatic carbocycles. The summed E-state index contributed by atoms with van der Waals surface area (Å²) in [6.45, 7) is 4.35. The number of nitrogens with zero attached hydrogens (tertiary/aromatic N) is 3. The Morgan fingerprint density at radius 2 is 1.97 bits per heavy atom. The molecule has 0 spiro atoms. The van der Waals surface area contributed by atoms with Crippen molar-refractivity contribution in [3.8, 4) is 5.75 Å². The molecule has 1 N–H and O–H groups in total. The first kappa shape index (κ1) is 25.4. The van der Waals surface area contributed by atoms with E-state index in [9.17, 15) is 28.0 Å². The molecule has 2 heterocycles. The Morgan fingerprint density at radius 3 is 2.53 bits per heavy atom. The van der Waals surface area contributed by atoms with Crippen LogP contribution in [0, 0.1) is 11.1 Å². The molecule has 1 atom stereocenters. The molecule has 34 heavy (non-hydrogen) atoms. The van der Waals surface area contributed by atoms with Crippen LogP contribution in [0.3, 0.4) is 0 Å². The minimum Gasteiger partial charge on any atom is -0.569 e. The van der Waals surface area contributed by atoms with Crippen molar-refractivity contribution >= 4 is 29.6 Å². The molecule has 10 nitrogen and oxygen atoms in total. The van der Waals surface area contributed by atoms with E-state index in [2.05, 4.69) is 14.9 Å². The van der Waals surface area contributed by atoms with Gasteiger partial charge in [-0.1, -0.05) is 32.4 Å². The molecule has 1 fully saturated rings. The van der Waals surface area contributed by atoms with Gasteiger partial charge in [0.1, 0.15) is 11.7 Å². The second-order valence-electron chi connectivity index (χ2n) is 8.68. The molecule has 186 valence electrons. The molecule has 1 saturated heterocycles. The summed E-state index contributed by atoms with van der Waals surface area (Å²) in [6, 6.07) is 2.81. The van der Waals surface area contributed by atoms with Crippen molar-refractivity contribution in [1.82, 2.24) is 5.01 Å². The lowest BCUT2D eigenvalue weighted by Gasteiger charge is -2.31. The number of alkyl halides is 3. The van der Waals surface area contributed by atoms with Crippen molar-refractivity contribution in [2.75, 3.05) is 19.9 Å². The van der Waals surface area contributed by atoms with Crippen LogP contribution in [0.2, 0.25) is 5.02 Å². The van der Waals surface area contributed by atoms with Crippen LogP contribution < -0.4 is 4.74 Å². The molecule has 2 aliphatic heterocycles. The third kappa shape index (κ3) is 5.46. The molecule has 0 radical (unpaired) electrons. The summed E-state index contributed by atoms with van der Waals surface area (Å²) in [6.07, 6.45) is -6.55. The molecule has 0 aliphatic carbocycles. The van der Waals surface area contributed by atoms with Gasteiger partial charge < -0.3 is 24.6 Å². The summed E-state index contributed by atoms with van der Waals surface area (Å²) in [5, 5.41) is 24.7. The van der Waals surface area contributed by atoms with E-state index in [0.717, 1.165) is 11.1 Å². The minimum atomic E-state index is -4.93. The Balaban J connectivity index is 1.71. The van der Waals surface area contributed by atoms with Crippen LogP contribution in [0.5, 0.6) is 5.75 Å². The Morgan fingerprint density at radius 1 is 1.32 bits per heavy atom. The minimum absolute atomic E-state index is 0.0418. The molecule has 14 heteroatoms. The van der Waals surface area contributed by atoms with Crippen LogP contribution in [0.4, 0.5) is 13.2 Å². The smallest absolute Gasteiger partial charge is 0.430 e. The van der Waals surface area contributed by atoms with Gasteiger partial charge in [-0.25, -0.2) is 4.79 Å². The number of carbonyl (C=O) groups is 2. The van der Waals surface area contributed by atoms with Gasteiger partial charge in [-0.2, -0.15) is 13.2 Å². The van der Waals surface area contributed by atoms with Crippen molar-refractivity contribution in [3.05, 3.63) is 39.1 Å². The number of ether oxygens (including phenoxy) is 2. The highest BCUT2D eigenvalue weighted by Crippen LogP contribution is 2.42. The fourth-order valence-corrected chi connectivity index (χ4v) is 3.70. The maximum absolute atomic E-state index is 13.6. The van der Waals surface area contributed by atoms with E-state index in [-0.39, 0.29) is 34.4 Å². The standard InChI is InChI=1S/C20H21ClF3N3O7/c1-19(2,3)13-6-15-10(5-14(13)21)4-12(16(34-15)20(22,23)24)18(30)32-9-33-25-27(31)26-7-11(8-26)17(28)29/h4-6,11,16H,7-9H2,1-3H3,(H,28,29)/b27-25-/t16-/m0/s1. The largest absolute Gasteiger partial charge is 0.569 e. The van der Waals surface area contributed by atoms with Gasteiger partial charge in [0, 0.05) is 10.6 Å². The average molecular weight is 508 g/mol. The maximum Gasteiger partial charge on any atom is 0.430 e. The van der Waals surface area contributed by atoms with E-state index in [4.69, 9.17) is 21.4 Å². The fraction of sp³-hybridized carbons (Fsp3) is 0.500. The first-order valence-electron chi connectivity index (χ1n) is 9.92. The monoisotopic (exact) mass is 507 g/mol. The highest BCUT2D eigenvalue weighted by molar-refractivity contribution is 6.31. The van der Waals surface area contributed by atoms with E-state index >= 15 is 0 Å². The van der Waals surface area contributed by atoms with Crippen molar-refractivity contribution in [2.24, 2.45) is 11.2 Å². The summed E-state index contributed by atoms with van der Waals surface area (Å²) >= 11 is 6.27. The molecule has 2 aliphatic rings. The number of rotatable bonds is 6. The van der Waals surface area contributed by atoms with E-state index in [1.165, 1.54) is 12.1 Å². The highest BCUT2D eigenvalue weighted by atomic mass is 35.5. The van der Waals surface area contributed by atoms with Gasteiger partial charge in [0.05, 0.1) is 23.6 Å². The molecule has 0 amide bonds. The van der Waals surface area contributed by atoms with Crippen LogP contribution in [0.15, 0.2) is 23.0 Å². The number of hydrogen-bond acceptors (Lipinski definition) is 7. The van der Waals surface area contributed by atoms with Crippen molar-refractivity contribution < 1.29 is 47.1 Å². The van der Waals surface area contributed by atoms with Gasteiger partial charge >= 0.3 is 18.1 Å². The van der Waals surface area contributed by atoms with Gasteiger partial charge in [-0.3, -0.25) is 4.79 Å². The molecular formula is C20H21ClF3N3O7. The SMILES string of the molecule is CC(C)(C)c1cc2c(cc1Cl)C=C(C(=O)OCO/N=[N+](\[O-])N1CC(C(=O)O)C1)[C@@H](C(F)(F)F)O2. The van der Waals surface area contributed by atoms with E-state index in [1.54, 1.807) is 0 Å². The van der Waals surface area contributed by atoms with Crippen LogP contribution >= 0.6 is 11.6 Å². The average Bonchev–Trinajstić information content (AvgIpc) is 2.66. The normalized spacial score (nSPS) is 18.9.